The molecule has 2 aliphatic rings. The fourth-order valence-electron chi connectivity index (χ4n) is 6.22. The number of ketones is 1. The summed E-state index contributed by atoms with van der Waals surface area (Å²) in [4.78, 5) is 25.3. The molecule has 6 nitrogen and oxygen atoms in total. The fourth-order valence-corrected chi connectivity index (χ4v) is 6.22. The van der Waals surface area contributed by atoms with Gasteiger partial charge in [-0.1, -0.05) is 24.3 Å². The topological polar surface area (TPSA) is 65.1 Å². The Morgan fingerprint density at radius 1 is 1.02 bits per heavy atom. The van der Waals surface area contributed by atoms with Gasteiger partial charge in [-0.25, -0.2) is 18.0 Å². The summed E-state index contributed by atoms with van der Waals surface area (Å²) in [5.41, 5.74) is 2.60. The van der Waals surface area contributed by atoms with Crippen LogP contribution in [-0.4, -0.2) is 61.3 Å². The summed E-state index contributed by atoms with van der Waals surface area (Å²) < 4.78 is 62.3. The highest BCUT2D eigenvalue weighted by atomic mass is 19.1. The first-order valence-electron chi connectivity index (χ1n) is 15.6. The molecule has 44 heavy (non-hydrogen) atoms. The van der Waals surface area contributed by atoms with Crippen molar-refractivity contribution in [3.8, 4) is 5.75 Å². The molecule has 2 atom stereocenters. The van der Waals surface area contributed by atoms with Gasteiger partial charge in [0.05, 0.1) is 19.3 Å². The fraction of sp³-hybridized carbons (Fsp3) is 0.543. The van der Waals surface area contributed by atoms with Crippen LogP contribution in [0.5, 0.6) is 5.75 Å². The van der Waals surface area contributed by atoms with Crippen molar-refractivity contribution < 1.29 is 37.0 Å². The highest BCUT2D eigenvalue weighted by Crippen LogP contribution is 2.50. The average molecular weight is 616 g/mol. The van der Waals surface area contributed by atoms with Crippen molar-refractivity contribution in [2.24, 2.45) is 0 Å². The van der Waals surface area contributed by atoms with Crippen molar-refractivity contribution in [1.82, 2.24) is 4.90 Å². The van der Waals surface area contributed by atoms with Crippen molar-refractivity contribution in [2.75, 3.05) is 33.0 Å². The number of halogens is 3. The minimum Gasteiger partial charge on any atom is -0.493 e. The predicted molar refractivity (Wildman–Crippen MR) is 163 cm³/mol. The van der Waals surface area contributed by atoms with Crippen LogP contribution in [-0.2, 0) is 25.5 Å². The van der Waals surface area contributed by atoms with E-state index in [1.165, 1.54) is 26.0 Å². The SMILES string of the molecule is CCOC(=O)COCCCCC(=O)CCCOc1cc(F)c([C@@H]2C3=C(C[C@@H](C)N2CC(C)(C)F)c2ccccc2C3)c(F)c1. The minimum absolute atomic E-state index is 0.0394. The molecule has 0 fully saturated rings. The van der Waals surface area contributed by atoms with Gasteiger partial charge in [0.1, 0.15) is 35.4 Å². The Bertz CT molecular complexity index is 1330. The van der Waals surface area contributed by atoms with Crippen molar-refractivity contribution in [1.29, 1.82) is 0 Å². The van der Waals surface area contributed by atoms with Crippen LogP contribution in [0.3, 0.4) is 0 Å². The summed E-state index contributed by atoms with van der Waals surface area (Å²) in [6.45, 7) is 7.45. The highest BCUT2D eigenvalue weighted by Gasteiger charge is 2.43. The number of esters is 1. The second-order valence-electron chi connectivity index (χ2n) is 12.3. The van der Waals surface area contributed by atoms with Crippen LogP contribution < -0.4 is 4.74 Å². The van der Waals surface area contributed by atoms with E-state index in [2.05, 4.69) is 0 Å². The van der Waals surface area contributed by atoms with Crippen molar-refractivity contribution in [3.05, 3.63) is 70.3 Å². The molecule has 1 aliphatic carbocycles. The number of hydrogen-bond acceptors (Lipinski definition) is 6. The zero-order chi connectivity index (χ0) is 31.9. The lowest BCUT2D eigenvalue weighted by Crippen LogP contribution is -2.47. The summed E-state index contributed by atoms with van der Waals surface area (Å²) in [5, 5.41) is 0. The van der Waals surface area contributed by atoms with E-state index in [0.29, 0.717) is 51.7 Å². The summed E-state index contributed by atoms with van der Waals surface area (Å²) >= 11 is 0. The summed E-state index contributed by atoms with van der Waals surface area (Å²) in [7, 11) is 0. The van der Waals surface area contributed by atoms with Gasteiger partial charge in [0.2, 0.25) is 0 Å². The Morgan fingerprint density at radius 3 is 2.43 bits per heavy atom. The van der Waals surface area contributed by atoms with Crippen LogP contribution in [0.4, 0.5) is 13.2 Å². The number of carbonyl (C=O) groups is 2. The van der Waals surface area contributed by atoms with Crippen molar-refractivity contribution in [2.45, 2.75) is 90.4 Å². The zero-order valence-electron chi connectivity index (χ0n) is 26.2. The molecule has 0 unspecified atom stereocenters. The van der Waals surface area contributed by atoms with Gasteiger partial charge < -0.3 is 14.2 Å². The lowest BCUT2D eigenvalue weighted by atomic mass is 9.84. The molecule has 0 aromatic heterocycles. The van der Waals surface area contributed by atoms with E-state index >= 15 is 8.78 Å². The Balaban J connectivity index is 1.36. The number of nitrogens with zero attached hydrogens (tertiary/aromatic N) is 1. The first kappa shape index (κ1) is 33.7. The number of hydrogen-bond donors (Lipinski definition) is 0. The third-order valence-corrected chi connectivity index (χ3v) is 8.11. The van der Waals surface area contributed by atoms with E-state index in [-0.39, 0.29) is 49.3 Å². The van der Waals surface area contributed by atoms with E-state index in [1.807, 2.05) is 36.1 Å². The van der Waals surface area contributed by atoms with Gasteiger partial charge >= 0.3 is 5.97 Å². The maximum atomic E-state index is 15.8. The van der Waals surface area contributed by atoms with E-state index in [4.69, 9.17) is 14.2 Å². The maximum Gasteiger partial charge on any atom is 0.332 e. The van der Waals surface area contributed by atoms with E-state index in [0.717, 1.165) is 22.3 Å². The summed E-state index contributed by atoms with van der Waals surface area (Å²) in [6.07, 6.45) is 3.63. The molecule has 240 valence electrons. The Morgan fingerprint density at radius 2 is 1.73 bits per heavy atom. The third-order valence-electron chi connectivity index (χ3n) is 8.11. The van der Waals surface area contributed by atoms with Crippen LogP contribution in [0, 0.1) is 11.6 Å². The van der Waals surface area contributed by atoms with Gasteiger partial charge in [0.25, 0.3) is 0 Å². The number of fused-ring (bicyclic) bond motifs is 2. The average Bonchev–Trinajstić information content (AvgIpc) is 3.31. The molecule has 0 bridgehead atoms. The lowest BCUT2D eigenvalue weighted by molar-refractivity contribution is -0.148. The van der Waals surface area contributed by atoms with Gasteiger partial charge in [0, 0.05) is 49.7 Å². The number of benzene rings is 2. The van der Waals surface area contributed by atoms with Gasteiger partial charge in [-0.15, -0.1) is 0 Å². The third kappa shape index (κ3) is 8.72. The van der Waals surface area contributed by atoms with E-state index in [9.17, 15) is 14.0 Å². The monoisotopic (exact) mass is 615 g/mol. The quantitative estimate of drug-likeness (QED) is 0.146. The molecule has 2 aromatic carbocycles. The molecule has 4 rings (SSSR count). The largest absolute Gasteiger partial charge is 0.493 e. The lowest BCUT2D eigenvalue weighted by Gasteiger charge is -2.44. The molecule has 9 heteroatoms. The molecule has 0 radical (unpaired) electrons. The van der Waals surface area contributed by atoms with Gasteiger partial charge in [-0.05, 0) is 82.1 Å². The minimum atomic E-state index is -1.55. The van der Waals surface area contributed by atoms with Crippen LogP contribution in [0.2, 0.25) is 0 Å². The summed E-state index contributed by atoms with van der Waals surface area (Å²) in [6, 6.07) is 9.54. The van der Waals surface area contributed by atoms with E-state index < -0.39 is 29.3 Å². The normalized spacial score (nSPS) is 18.2. The molecule has 0 amide bonds. The zero-order valence-corrected chi connectivity index (χ0v) is 26.2. The number of carbonyl (C=O) groups excluding carboxylic acids is 2. The van der Waals surface area contributed by atoms with Crippen LogP contribution in [0.1, 0.15) is 89.0 Å². The Labute approximate surface area is 258 Å². The van der Waals surface area contributed by atoms with E-state index in [1.54, 1.807) is 6.92 Å². The summed E-state index contributed by atoms with van der Waals surface area (Å²) in [5.74, 6) is -1.75. The number of rotatable bonds is 16. The smallest absolute Gasteiger partial charge is 0.332 e. The van der Waals surface area contributed by atoms with Crippen LogP contribution >= 0.6 is 0 Å². The Hall–Kier alpha value is -3.17. The molecule has 1 aliphatic heterocycles. The molecule has 1 heterocycles. The molecular formula is C35H44F3NO5. The molecule has 0 N–H and O–H groups in total. The predicted octanol–water partition coefficient (Wildman–Crippen LogP) is 7.34. The van der Waals surface area contributed by atoms with Crippen LogP contribution in [0.25, 0.3) is 5.57 Å². The standard InChI is InChI=1S/C35H44F3NO5/c1-5-43-32(41)21-42-15-9-8-12-25(40)13-10-16-44-26-19-30(36)33(31(37)20-26)34-29-18-24-11-6-7-14-27(24)28(29)17-23(2)39(34)22-35(3,4)38/h6-7,11,14,19-20,23,34H,5,8-10,12-13,15-18,21-22H2,1-4H3/t23-,34+/m1/s1. The molecule has 0 saturated carbocycles. The van der Waals surface area contributed by atoms with Gasteiger partial charge in [-0.3, -0.25) is 9.69 Å². The van der Waals surface area contributed by atoms with Gasteiger partial charge in [0.15, 0.2) is 0 Å². The molecular weight excluding hydrogens is 571 g/mol. The van der Waals surface area contributed by atoms with Crippen LogP contribution in [0.15, 0.2) is 42.0 Å². The first-order chi connectivity index (χ1) is 21.0. The second-order valence-corrected chi connectivity index (χ2v) is 12.3. The highest BCUT2D eigenvalue weighted by molar-refractivity contribution is 5.79. The number of ether oxygens (including phenoxy) is 3. The molecule has 0 saturated heterocycles. The second kappa shape index (κ2) is 15.2. The van der Waals surface area contributed by atoms with Crippen molar-refractivity contribution >= 4 is 17.3 Å². The Kier molecular flexibility index (Phi) is 11.7. The molecule has 0 spiro atoms. The number of Topliss-reactive ketones (excluding diaryl/α,β-unsaturated/α-hetero) is 1. The van der Waals surface area contributed by atoms with Gasteiger partial charge in [-0.2, -0.15) is 0 Å². The molecule has 2 aromatic rings. The maximum absolute atomic E-state index is 15.8. The number of alkyl halides is 1. The van der Waals surface area contributed by atoms with Crippen molar-refractivity contribution in [3.63, 3.8) is 0 Å². The first-order valence-corrected chi connectivity index (χ1v) is 15.6. The number of unbranched alkanes of at least 4 members (excludes halogenated alkanes) is 1.